The molecule has 0 amide bonds. The van der Waals surface area contributed by atoms with Gasteiger partial charge in [-0.2, -0.15) is 9.97 Å². The summed E-state index contributed by atoms with van der Waals surface area (Å²) in [6.45, 7) is 4.77. The number of fused-ring (bicyclic) bond motifs is 1. The van der Waals surface area contributed by atoms with Crippen LogP contribution in [0.15, 0.2) is 58.8 Å². The molecule has 2 heterocycles. The van der Waals surface area contributed by atoms with Crippen molar-refractivity contribution in [3.8, 4) is 0 Å². The highest BCUT2D eigenvalue weighted by atomic mass is 32.1. The van der Waals surface area contributed by atoms with Crippen molar-refractivity contribution in [3.05, 3.63) is 70.1 Å². The van der Waals surface area contributed by atoms with Gasteiger partial charge in [0.1, 0.15) is 0 Å². The molecule has 0 radical (unpaired) electrons. The number of hydrogen-bond donors (Lipinski definition) is 2. The fraction of sp³-hybridized carbons (Fsp3) is 0.200. The van der Waals surface area contributed by atoms with Crippen LogP contribution >= 0.6 is 11.3 Å². The molecule has 142 valence electrons. The minimum absolute atomic E-state index is 0.0365. The number of aromatic nitrogens is 4. The molecule has 0 fully saturated rings. The zero-order valence-corrected chi connectivity index (χ0v) is 16.4. The summed E-state index contributed by atoms with van der Waals surface area (Å²) in [4.78, 5) is 29.8. The van der Waals surface area contributed by atoms with Gasteiger partial charge >= 0.3 is 5.69 Å². The number of rotatable bonds is 6. The Morgan fingerprint density at radius 2 is 2.00 bits per heavy atom. The average molecular weight is 392 g/mol. The molecule has 2 aromatic heterocycles. The molecule has 2 N–H and O–H groups in total. The van der Waals surface area contributed by atoms with Crippen LogP contribution in [0.25, 0.3) is 10.2 Å². The van der Waals surface area contributed by atoms with Gasteiger partial charge in [-0.25, -0.2) is 9.78 Å². The average Bonchev–Trinajstić information content (AvgIpc) is 3.16. The smallest absolute Gasteiger partial charge is 0.334 e. The molecule has 2 aromatic carbocycles. The van der Waals surface area contributed by atoms with E-state index in [4.69, 9.17) is 0 Å². The van der Waals surface area contributed by atoms with Crippen LogP contribution in [0.4, 0.5) is 17.6 Å². The monoisotopic (exact) mass is 392 g/mol. The second-order valence-electron chi connectivity index (χ2n) is 6.33. The highest BCUT2D eigenvalue weighted by molar-refractivity contribution is 7.16. The van der Waals surface area contributed by atoms with Crippen molar-refractivity contribution in [2.24, 2.45) is 0 Å². The molecule has 28 heavy (non-hydrogen) atoms. The number of nitrogens with zero attached hydrogens (tertiary/aromatic N) is 4. The van der Waals surface area contributed by atoms with Gasteiger partial charge in [0.25, 0.3) is 0 Å². The number of thiazole rings is 1. The van der Waals surface area contributed by atoms with E-state index in [1.165, 1.54) is 0 Å². The van der Waals surface area contributed by atoms with Crippen LogP contribution in [0, 0.1) is 0 Å². The lowest BCUT2D eigenvalue weighted by Crippen LogP contribution is -2.31. The highest BCUT2D eigenvalue weighted by Crippen LogP contribution is 2.25. The number of hydrogen-bond acceptors (Lipinski definition) is 7. The van der Waals surface area contributed by atoms with E-state index in [1.807, 2.05) is 53.7 Å². The Balaban J connectivity index is 1.64. The number of benzene rings is 2. The first kappa shape index (κ1) is 18.1. The van der Waals surface area contributed by atoms with Crippen molar-refractivity contribution in [3.63, 3.8) is 0 Å². The largest absolute Gasteiger partial charge is 0.351 e. The maximum Gasteiger partial charge on any atom is 0.351 e. The fourth-order valence-corrected chi connectivity index (χ4v) is 3.85. The Bertz CT molecular complexity index is 1140. The molecule has 8 heteroatoms. The normalized spacial score (nSPS) is 12.1. The van der Waals surface area contributed by atoms with Crippen LogP contribution in [0.1, 0.15) is 25.5 Å². The molecule has 1 atom stereocenters. The number of aromatic amines is 1. The van der Waals surface area contributed by atoms with E-state index >= 15 is 0 Å². The van der Waals surface area contributed by atoms with Crippen LogP contribution in [-0.4, -0.2) is 26.5 Å². The van der Waals surface area contributed by atoms with Gasteiger partial charge in [-0.3, -0.25) is 4.98 Å². The van der Waals surface area contributed by atoms with Gasteiger partial charge in [0.2, 0.25) is 11.9 Å². The second-order valence-corrected chi connectivity index (χ2v) is 7.22. The van der Waals surface area contributed by atoms with Gasteiger partial charge in [0.05, 0.1) is 21.8 Å². The molecule has 4 aromatic rings. The zero-order valence-electron chi connectivity index (χ0n) is 15.6. The lowest BCUT2D eigenvalue weighted by Gasteiger charge is -2.28. The van der Waals surface area contributed by atoms with Gasteiger partial charge < -0.3 is 10.2 Å². The van der Waals surface area contributed by atoms with Gasteiger partial charge in [-0.1, -0.05) is 30.3 Å². The summed E-state index contributed by atoms with van der Waals surface area (Å²) in [6.07, 6.45) is 0. The summed E-state index contributed by atoms with van der Waals surface area (Å²) >= 11 is 1.56. The maximum atomic E-state index is 12.2. The second kappa shape index (κ2) is 7.77. The van der Waals surface area contributed by atoms with E-state index in [1.54, 1.807) is 11.3 Å². The summed E-state index contributed by atoms with van der Waals surface area (Å²) < 4.78 is 1.06. The summed E-state index contributed by atoms with van der Waals surface area (Å²) in [5.41, 5.74) is 4.28. The van der Waals surface area contributed by atoms with E-state index in [0.717, 1.165) is 21.5 Å². The molecule has 0 saturated carbocycles. The highest BCUT2D eigenvalue weighted by Gasteiger charge is 2.18. The molecule has 0 bridgehead atoms. The Morgan fingerprint density at radius 1 is 1.18 bits per heavy atom. The summed E-state index contributed by atoms with van der Waals surface area (Å²) in [7, 11) is 0. The minimum atomic E-state index is -0.440. The van der Waals surface area contributed by atoms with Gasteiger partial charge in [-0.05, 0) is 37.6 Å². The molecule has 4 rings (SSSR count). The predicted octanol–water partition coefficient (Wildman–Crippen LogP) is 4.11. The SMILES string of the molecule is CCN(c1nc(Nc2ccc3ncsc3c2)[nH]c(=O)n1)[C@H](C)c1ccccc1. The van der Waals surface area contributed by atoms with Crippen molar-refractivity contribution >= 4 is 39.1 Å². The van der Waals surface area contributed by atoms with Crippen molar-refractivity contribution in [1.29, 1.82) is 0 Å². The standard InChI is InChI=1S/C20H20N6OS/c1-3-26(13(2)14-7-5-4-6-8-14)19-23-18(24-20(27)25-19)22-15-9-10-16-17(11-15)28-12-21-16/h4-13H,3H2,1-2H3,(H2,22,23,24,25,27)/t13-/m1/s1. The third-order valence-corrected chi connectivity index (χ3v) is 5.37. The third-order valence-electron chi connectivity index (χ3n) is 4.58. The first-order chi connectivity index (χ1) is 13.6. The molecular weight excluding hydrogens is 372 g/mol. The van der Waals surface area contributed by atoms with Gasteiger partial charge in [0, 0.05) is 12.2 Å². The van der Waals surface area contributed by atoms with Crippen LogP contribution in [0.2, 0.25) is 0 Å². The Hall–Kier alpha value is -3.26. The van der Waals surface area contributed by atoms with E-state index < -0.39 is 5.69 Å². The topological polar surface area (TPSA) is 86.8 Å². The summed E-state index contributed by atoms with van der Waals surface area (Å²) in [5.74, 6) is 0.751. The Morgan fingerprint density at radius 3 is 2.79 bits per heavy atom. The quantitative estimate of drug-likeness (QED) is 0.514. The van der Waals surface area contributed by atoms with Crippen molar-refractivity contribution < 1.29 is 0 Å². The summed E-state index contributed by atoms with van der Waals surface area (Å²) in [6, 6.07) is 16.0. The van der Waals surface area contributed by atoms with E-state index in [9.17, 15) is 4.79 Å². The van der Waals surface area contributed by atoms with E-state index in [-0.39, 0.29) is 6.04 Å². The van der Waals surface area contributed by atoms with Gasteiger partial charge in [-0.15, -0.1) is 11.3 Å². The molecule has 7 nitrogen and oxygen atoms in total. The zero-order chi connectivity index (χ0) is 19.5. The maximum absolute atomic E-state index is 12.2. The Labute approximate surface area is 166 Å². The molecule has 0 spiro atoms. The lowest BCUT2D eigenvalue weighted by molar-refractivity contribution is 0.663. The molecule has 0 saturated heterocycles. The molecule has 0 aliphatic heterocycles. The molecular formula is C20H20N6OS. The molecule has 0 unspecified atom stereocenters. The van der Waals surface area contributed by atoms with Crippen molar-refractivity contribution in [1.82, 2.24) is 19.9 Å². The van der Waals surface area contributed by atoms with Crippen LogP contribution in [0.3, 0.4) is 0 Å². The van der Waals surface area contributed by atoms with E-state index in [0.29, 0.717) is 18.4 Å². The minimum Gasteiger partial charge on any atom is -0.334 e. The molecule has 0 aliphatic carbocycles. The molecule has 0 aliphatic rings. The first-order valence-electron chi connectivity index (χ1n) is 9.04. The first-order valence-corrected chi connectivity index (χ1v) is 9.92. The fourth-order valence-electron chi connectivity index (χ4n) is 3.13. The number of nitrogens with one attached hydrogen (secondary N) is 2. The predicted molar refractivity (Wildman–Crippen MR) is 113 cm³/mol. The van der Waals surface area contributed by atoms with Crippen LogP contribution < -0.4 is 15.9 Å². The number of H-pyrrole nitrogens is 1. The summed E-state index contributed by atoms with van der Waals surface area (Å²) in [5, 5.41) is 3.17. The van der Waals surface area contributed by atoms with Crippen molar-refractivity contribution in [2.75, 3.05) is 16.8 Å². The number of anilines is 3. The van der Waals surface area contributed by atoms with Crippen molar-refractivity contribution in [2.45, 2.75) is 19.9 Å². The Kier molecular flexibility index (Phi) is 5.03. The van der Waals surface area contributed by atoms with Crippen LogP contribution in [0.5, 0.6) is 0 Å². The third kappa shape index (κ3) is 3.72. The van der Waals surface area contributed by atoms with Gasteiger partial charge in [0.15, 0.2) is 0 Å². The van der Waals surface area contributed by atoms with Crippen LogP contribution in [-0.2, 0) is 0 Å². The van der Waals surface area contributed by atoms with E-state index in [2.05, 4.69) is 44.3 Å². The lowest BCUT2D eigenvalue weighted by atomic mass is 10.1.